The van der Waals surface area contributed by atoms with Crippen LogP contribution in [0.2, 0.25) is 0 Å². The van der Waals surface area contributed by atoms with E-state index in [1.807, 2.05) is 61.5 Å². The Morgan fingerprint density at radius 1 is 1.17 bits per heavy atom. The van der Waals surface area contributed by atoms with Crippen molar-refractivity contribution >= 4 is 11.6 Å². The maximum Gasteiger partial charge on any atom is 0.231 e. The van der Waals surface area contributed by atoms with Crippen molar-refractivity contribution in [1.82, 2.24) is 20.2 Å². The van der Waals surface area contributed by atoms with Gasteiger partial charge in [0, 0.05) is 18.3 Å². The summed E-state index contributed by atoms with van der Waals surface area (Å²) in [6.07, 6.45) is 0.739. The summed E-state index contributed by atoms with van der Waals surface area (Å²) in [5.41, 5.74) is 2.61. The normalized spacial score (nSPS) is 11.9. The maximum absolute atomic E-state index is 12.7. The third-order valence-electron chi connectivity index (χ3n) is 3.94. The molecule has 6 nitrogen and oxygen atoms in total. The van der Waals surface area contributed by atoms with E-state index < -0.39 is 0 Å². The number of hydrogen-bond donors (Lipinski definition) is 1. The first-order valence-corrected chi connectivity index (χ1v) is 7.87. The Labute approximate surface area is 140 Å². The molecule has 0 aliphatic carbocycles. The SMILES string of the molecule is CCC(C(=O)Nc1cccc(-c2nnnn2C)c1)c1ccccc1. The third-order valence-corrected chi connectivity index (χ3v) is 3.94. The van der Waals surface area contributed by atoms with Crippen LogP contribution in [0.4, 0.5) is 5.69 Å². The summed E-state index contributed by atoms with van der Waals surface area (Å²) in [5, 5.41) is 14.5. The van der Waals surface area contributed by atoms with Gasteiger partial charge in [-0.15, -0.1) is 5.10 Å². The molecule has 1 N–H and O–H groups in total. The largest absolute Gasteiger partial charge is 0.326 e. The number of rotatable bonds is 5. The van der Waals surface area contributed by atoms with E-state index in [2.05, 4.69) is 20.8 Å². The fourth-order valence-corrected chi connectivity index (χ4v) is 2.70. The van der Waals surface area contributed by atoms with Crippen LogP contribution in [0.15, 0.2) is 54.6 Å². The van der Waals surface area contributed by atoms with Gasteiger partial charge in [-0.3, -0.25) is 4.79 Å². The van der Waals surface area contributed by atoms with E-state index in [0.29, 0.717) is 5.82 Å². The molecular weight excluding hydrogens is 302 g/mol. The van der Waals surface area contributed by atoms with Gasteiger partial charge in [0.25, 0.3) is 0 Å². The molecule has 0 fully saturated rings. The topological polar surface area (TPSA) is 72.7 Å². The van der Waals surface area contributed by atoms with Gasteiger partial charge in [0.2, 0.25) is 5.91 Å². The number of anilines is 1. The van der Waals surface area contributed by atoms with Crippen LogP contribution >= 0.6 is 0 Å². The Bertz CT molecular complexity index is 828. The van der Waals surface area contributed by atoms with Crippen molar-refractivity contribution in [3.63, 3.8) is 0 Å². The average Bonchev–Trinajstić information content (AvgIpc) is 3.03. The fraction of sp³-hybridized carbons (Fsp3) is 0.222. The zero-order valence-electron chi connectivity index (χ0n) is 13.7. The minimum atomic E-state index is -0.175. The first-order chi connectivity index (χ1) is 11.7. The molecule has 3 aromatic rings. The molecule has 3 rings (SSSR count). The highest BCUT2D eigenvalue weighted by molar-refractivity contribution is 5.96. The molecule has 6 heteroatoms. The Hall–Kier alpha value is -3.02. The van der Waals surface area contributed by atoms with Crippen LogP contribution in [-0.2, 0) is 11.8 Å². The second-order valence-electron chi connectivity index (χ2n) is 5.57. The molecule has 1 unspecified atom stereocenters. The van der Waals surface area contributed by atoms with Gasteiger partial charge >= 0.3 is 0 Å². The minimum absolute atomic E-state index is 0.0167. The molecule has 0 aliphatic rings. The minimum Gasteiger partial charge on any atom is -0.326 e. The first kappa shape index (κ1) is 15.9. The van der Waals surface area contributed by atoms with Crippen LogP contribution < -0.4 is 5.32 Å². The number of benzene rings is 2. The molecule has 24 heavy (non-hydrogen) atoms. The highest BCUT2D eigenvalue weighted by Gasteiger charge is 2.18. The number of nitrogens with one attached hydrogen (secondary N) is 1. The van der Waals surface area contributed by atoms with Crippen molar-refractivity contribution in [2.45, 2.75) is 19.3 Å². The number of hydrogen-bond acceptors (Lipinski definition) is 4. The third kappa shape index (κ3) is 3.32. The van der Waals surface area contributed by atoms with E-state index in [1.54, 1.807) is 11.7 Å². The smallest absolute Gasteiger partial charge is 0.231 e. The lowest BCUT2D eigenvalue weighted by Gasteiger charge is -2.15. The van der Waals surface area contributed by atoms with Gasteiger partial charge in [-0.25, -0.2) is 4.68 Å². The lowest BCUT2D eigenvalue weighted by Crippen LogP contribution is -2.20. The first-order valence-electron chi connectivity index (χ1n) is 7.87. The predicted molar refractivity (Wildman–Crippen MR) is 92.3 cm³/mol. The predicted octanol–water partition coefficient (Wildman–Crippen LogP) is 3.01. The summed E-state index contributed by atoms with van der Waals surface area (Å²) >= 11 is 0. The van der Waals surface area contributed by atoms with Gasteiger partial charge in [-0.2, -0.15) is 0 Å². The lowest BCUT2D eigenvalue weighted by atomic mass is 9.95. The van der Waals surface area contributed by atoms with Gasteiger partial charge in [0.1, 0.15) is 0 Å². The Kier molecular flexibility index (Phi) is 4.65. The Balaban J connectivity index is 1.81. The highest BCUT2D eigenvalue weighted by Crippen LogP contribution is 2.24. The van der Waals surface area contributed by atoms with Gasteiger partial charge in [-0.05, 0) is 34.5 Å². The van der Waals surface area contributed by atoms with Crippen LogP contribution in [0.1, 0.15) is 24.8 Å². The monoisotopic (exact) mass is 321 g/mol. The summed E-state index contributed by atoms with van der Waals surface area (Å²) < 4.78 is 1.60. The van der Waals surface area contributed by atoms with Crippen molar-refractivity contribution < 1.29 is 4.79 Å². The maximum atomic E-state index is 12.7. The van der Waals surface area contributed by atoms with E-state index in [1.165, 1.54) is 0 Å². The molecule has 1 heterocycles. The quantitative estimate of drug-likeness (QED) is 0.784. The summed E-state index contributed by atoms with van der Waals surface area (Å²) in [6.45, 7) is 2.01. The molecule has 0 saturated heterocycles. The van der Waals surface area contributed by atoms with Gasteiger partial charge in [0.05, 0.1) is 5.92 Å². The van der Waals surface area contributed by atoms with Crippen molar-refractivity contribution in [2.75, 3.05) is 5.32 Å². The van der Waals surface area contributed by atoms with Gasteiger partial charge in [-0.1, -0.05) is 49.4 Å². The number of carbonyl (C=O) groups excluding carboxylic acids is 1. The molecule has 122 valence electrons. The molecular formula is C18H19N5O. The van der Waals surface area contributed by atoms with Crippen molar-refractivity contribution in [3.05, 3.63) is 60.2 Å². The van der Waals surface area contributed by atoms with E-state index >= 15 is 0 Å². The highest BCUT2D eigenvalue weighted by atomic mass is 16.1. The van der Waals surface area contributed by atoms with Crippen LogP contribution in [0.25, 0.3) is 11.4 Å². The molecule has 1 atom stereocenters. The molecule has 2 aromatic carbocycles. The zero-order valence-corrected chi connectivity index (χ0v) is 13.7. The molecule has 1 aromatic heterocycles. The summed E-state index contributed by atoms with van der Waals surface area (Å²) in [5.74, 6) is 0.462. The molecule has 0 radical (unpaired) electrons. The second-order valence-corrected chi connectivity index (χ2v) is 5.57. The fourth-order valence-electron chi connectivity index (χ4n) is 2.70. The lowest BCUT2D eigenvalue weighted by molar-refractivity contribution is -0.117. The van der Waals surface area contributed by atoms with E-state index in [4.69, 9.17) is 0 Å². The van der Waals surface area contributed by atoms with Crippen LogP contribution in [0.3, 0.4) is 0 Å². The number of aryl methyl sites for hydroxylation is 1. The van der Waals surface area contributed by atoms with E-state index in [9.17, 15) is 4.79 Å². The Morgan fingerprint density at radius 3 is 2.62 bits per heavy atom. The van der Waals surface area contributed by atoms with Gasteiger partial charge in [0.15, 0.2) is 5.82 Å². The summed E-state index contributed by atoms with van der Waals surface area (Å²) in [4.78, 5) is 12.7. The number of amides is 1. The molecule has 0 bridgehead atoms. The molecule has 0 saturated carbocycles. The standard InChI is InChI=1S/C18H19N5O/c1-3-16(13-8-5-4-6-9-13)18(24)19-15-11-7-10-14(12-15)17-20-21-22-23(17)2/h4-12,16H,3H2,1-2H3,(H,19,24). The van der Waals surface area contributed by atoms with Crippen LogP contribution in [0, 0.1) is 0 Å². The van der Waals surface area contributed by atoms with Crippen LogP contribution in [0.5, 0.6) is 0 Å². The molecule has 0 aliphatic heterocycles. The zero-order chi connectivity index (χ0) is 16.9. The van der Waals surface area contributed by atoms with Gasteiger partial charge < -0.3 is 5.32 Å². The van der Waals surface area contributed by atoms with Crippen LogP contribution in [-0.4, -0.2) is 26.1 Å². The summed E-state index contributed by atoms with van der Waals surface area (Å²) in [6, 6.07) is 17.3. The Morgan fingerprint density at radius 2 is 1.96 bits per heavy atom. The number of aromatic nitrogens is 4. The molecule has 0 spiro atoms. The van der Waals surface area contributed by atoms with Crippen molar-refractivity contribution in [2.24, 2.45) is 7.05 Å². The second kappa shape index (κ2) is 7.04. The number of nitrogens with zero attached hydrogens (tertiary/aromatic N) is 4. The molecule has 1 amide bonds. The average molecular weight is 321 g/mol. The number of carbonyl (C=O) groups is 1. The van der Waals surface area contributed by atoms with E-state index in [0.717, 1.165) is 23.2 Å². The van der Waals surface area contributed by atoms with E-state index in [-0.39, 0.29) is 11.8 Å². The summed E-state index contributed by atoms with van der Waals surface area (Å²) in [7, 11) is 1.78. The number of tetrazole rings is 1. The van der Waals surface area contributed by atoms with Crippen molar-refractivity contribution in [1.29, 1.82) is 0 Å². The van der Waals surface area contributed by atoms with Crippen molar-refractivity contribution in [3.8, 4) is 11.4 Å².